The van der Waals surface area contributed by atoms with Gasteiger partial charge in [0.2, 0.25) is 0 Å². The molecule has 5 nitrogen and oxygen atoms in total. The smallest absolute Gasteiger partial charge is 0.257 e. The van der Waals surface area contributed by atoms with Crippen LogP contribution in [0.1, 0.15) is 10.4 Å². The fourth-order valence-corrected chi connectivity index (χ4v) is 2.37. The number of likely N-dealkylation sites (N-methyl/N-ethyl adjacent to an activating group) is 1. The quantitative estimate of drug-likeness (QED) is 0.875. The Bertz CT molecular complexity index is 461. The van der Waals surface area contributed by atoms with E-state index in [2.05, 4.69) is 21.2 Å². The topological polar surface area (TPSA) is 61.8 Å². The molecule has 1 aromatic rings. The summed E-state index contributed by atoms with van der Waals surface area (Å²) >= 11 is 3.30. The maximum Gasteiger partial charge on any atom is 0.257 e. The van der Waals surface area contributed by atoms with Gasteiger partial charge in [-0.05, 0) is 18.2 Å². The highest BCUT2D eigenvalue weighted by atomic mass is 79.9. The molecule has 0 bridgehead atoms. The zero-order chi connectivity index (χ0) is 13.8. The third-order valence-corrected chi connectivity index (χ3v) is 3.51. The normalized spacial score (nSPS) is 19.2. The summed E-state index contributed by atoms with van der Waals surface area (Å²) in [5.41, 5.74) is 0.292. The van der Waals surface area contributed by atoms with Crippen LogP contribution in [0.5, 0.6) is 5.75 Å². The Morgan fingerprint density at radius 1 is 1.63 bits per heavy atom. The van der Waals surface area contributed by atoms with Crippen LogP contribution in [-0.4, -0.2) is 55.3 Å². The number of halogens is 1. The summed E-state index contributed by atoms with van der Waals surface area (Å²) in [5.74, 6) is -0.226. The molecule has 2 N–H and O–H groups in total. The van der Waals surface area contributed by atoms with E-state index in [0.29, 0.717) is 18.7 Å². The molecule has 1 atom stereocenters. The zero-order valence-corrected chi connectivity index (χ0v) is 12.3. The van der Waals surface area contributed by atoms with Gasteiger partial charge >= 0.3 is 0 Å². The average molecular weight is 329 g/mol. The van der Waals surface area contributed by atoms with Crippen LogP contribution in [0.2, 0.25) is 0 Å². The lowest BCUT2D eigenvalue weighted by molar-refractivity contribution is 0.0103. The van der Waals surface area contributed by atoms with Gasteiger partial charge in [0.25, 0.3) is 5.91 Å². The molecule has 1 aliphatic rings. The minimum Gasteiger partial charge on any atom is -0.507 e. The fraction of sp³-hybridized carbons (Fsp3) is 0.462. The number of rotatable bonds is 3. The first-order chi connectivity index (χ1) is 9.08. The van der Waals surface area contributed by atoms with Crippen molar-refractivity contribution in [3.05, 3.63) is 28.2 Å². The molecule has 1 aliphatic heterocycles. The summed E-state index contributed by atoms with van der Waals surface area (Å²) in [4.78, 5) is 13.8. The molecule has 0 aromatic heterocycles. The molecule has 1 saturated heterocycles. The number of nitrogens with zero attached hydrogens (tertiary/aromatic N) is 1. The van der Waals surface area contributed by atoms with Crippen molar-refractivity contribution in [2.75, 3.05) is 33.3 Å². The van der Waals surface area contributed by atoms with Crippen molar-refractivity contribution in [3.63, 3.8) is 0 Å². The first-order valence-corrected chi connectivity index (χ1v) is 6.93. The Morgan fingerprint density at radius 3 is 3.11 bits per heavy atom. The van der Waals surface area contributed by atoms with Gasteiger partial charge < -0.3 is 20.1 Å². The molecule has 104 valence electrons. The molecule has 1 amide bonds. The lowest BCUT2D eigenvalue weighted by atomic mass is 10.1. The van der Waals surface area contributed by atoms with Crippen molar-refractivity contribution in [2.24, 2.45) is 0 Å². The Morgan fingerprint density at radius 2 is 2.42 bits per heavy atom. The number of amides is 1. The van der Waals surface area contributed by atoms with E-state index in [1.165, 1.54) is 6.07 Å². The summed E-state index contributed by atoms with van der Waals surface area (Å²) in [5, 5.41) is 13.0. The molecule has 0 radical (unpaired) electrons. The number of morpholine rings is 1. The second-order valence-corrected chi connectivity index (χ2v) is 5.46. The van der Waals surface area contributed by atoms with Crippen molar-refractivity contribution in [3.8, 4) is 5.75 Å². The number of benzene rings is 1. The van der Waals surface area contributed by atoms with Crippen LogP contribution in [-0.2, 0) is 4.74 Å². The number of carbonyl (C=O) groups excluding carboxylic acids is 1. The van der Waals surface area contributed by atoms with Gasteiger partial charge in [-0.25, -0.2) is 0 Å². The third-order valence-electron chi connectivity index (χ3n) is 3.02. The number of hydrogen-bond donors (Lipinski definition) is 2. The number of nitrogens with one attached hydrogen (secondary N) is 1. The Labute approximate surface area is 120 Å². The predicted molar refractivity (Wildman–Crippen MR) is 75.4 cm³/mol. The van der Waals surface area contributed by atoms with Gasteiger partial charge in [-0.3, -0.25) is 4.79 Å². The Kier molecular flexibility index (Phi) is 4.79. The van der Waals surface area contributed by atoms with Crippen LogP contribution < -0.4 is 5.32 Å². The van der Waals surface area contributed by atoms with E-state index in [1.807, 2.05) is 0 Å². The van der Waals surface area contributed by atoms with Crippen molar-refractivity contribution in [1.29, 1.82) is 0 Å². The van der Waals surface area contributed by atoms with Gasteiger partial charge in [0.15, 0.2) is 0 Å². The van der Waals surface area contributed by atoms with Gasteiger partial charge in [0, 0.05) is 31.2 Å². The van der Waals surface area contributed by atoms with Crippen LogP contribution in [0.15, 0.2) is 22.7 Å². The van der Waals surface area contributed by atoms with E-state index in [-0.39, 0.29) is 17.8 Å². The summed E-state index contributed by atoms with van der Waals surface area (Å²) in [7, 11) is 1.71. The molecule has 6 heteroatoms. The molecule has 0 saturated carbocycles. The monoisotopic (exact) mass is 328 g/mol. The maximum absolute atomic E-state index is 12.3. The van der Waals surface area contributed by atoms with Gasteiger partial charge in [0.1, 0.15) is 5.75 Å². The molecular weight excluding hydrogens is 312 g/mol. The number of phenols is 1. The van der Waals surface area contributed by atoms with E-state index in [1.54, 1.807) is 24.1 Å². The van der Waals surface area contributed by atoms with Gasteiger partial charge in [-0.2, -0.15) is 0 Å². The minimum absolute atomic E-state index is 0.00278. The number of aromatic hydroxyl groups is 1. The molecule has 0 aliphatic carbocycles. The summed E-state index contributed by atoms with van der Waals surface area (Å²) in [6.07, 6.45) is -0.00278. The molecule has 0 spiro atoms. The first-order valence-electron chi connectivity index (χ1n) is 6.14. The molecule has 1 unspecified atom stereocenters. The lowest BCUT2D eigenvalue weighted by Gasteiger charge is -2.28. The van der Waals surface area contributed by atoms with E-state index in [9.17, 15) is 9.90 Å². The molecule has 1 aromatic carbocycles. The predicted octanol–water partition coefficient (Wildman–Crippen LogP) is 1.22. The van der Waals surface area contributed by atoms with Crippen molar-refractivity contribution < 1.29 is 14.6 Å². The van der Waals surface area contributed by atoms with Crippen molar-refractivity contribution in [2.45, 2.75) is 6.10 Å². The highest BCUT2D eigenvalue weighted by molar-refractivity contribution is 9.10. The van der Waals surface area contributed by atoms with Crippen LogP contribution in [0, 0.1) is 0 Å². The van der Waals surface area contributed by atoms with Crippen molar-refractivity contribution >= 4 is 21.8 Å². The minimum atomic E-state index is -0.215. The number of hydrogen-bond acceptors (Lipinski definition) is 4. The standard InChI is InChI=1S/C13H17BrN2O3/c1-16(8-10-7-15-4-5-19-10)13(18)11-6-9(14)2-3-12(11)17/h2-3,6,10,15,17H,4-5,7-8H2,1H3. The zero-order valence-electron chi connectivity index (χ0n) is 10.7. The van der Waals surface area contributed by atoms with E-state index < -0.39 is 0 Å². The molecule has 1 heterocycles. The van der Waals surface area contributed by atoms with Crippen LogP contribution >= 0.6 is 15.9 Å². The molecule has 2 rings (SSSR count). The Balaban J connectivity index is 2.03. The third kappa shape index (κ3) is 3.68. The van der Waals surface area contributed by atoms with Gasteiger partial charge in [-0.15, -0.1) is 0 Å². The number of ether oxygens (including phenoxy) is 1. The van der Waals surface area contributed by atoms with Crippen LogP contribution in [0.3, 0.4) is 0 Å². The van der Waals surface area contributed by atoms with Crippen LogP contribution in [0.25, 0.3) is 0 Å². The maximum atomic E-state index is 12.3. The van der Waals surface area contributed by atoms with E-state index >= 15 is 0 Å². The highest BCUT2D eigenvalue weighted by Crippen LogP contribution is 2.23. The number of carbonyl (C=O) groups is 1. The second-order valence-electron chi connectivity index (χ2n) is 4.54. The lowest BCUT2D eigenvalue weighted by Crippen LogP contribution is -2.45. The van der Waals surface area contributed by atoms with Crippen molar-refractivity contribution in [1.82, 2.24) is 10.2 Å². The second kappa shape index (κ2) is 6.36. The largest absolute Gasteiger partial charge is 0.507 e. The van der Waals surface area contributed by atoms with Gasteiger partial charge in [-0.1, -0.05) is 15.9 Å². The molecular formula is C13H17BrN2O3. The highest BCUT2D eigenvalue weighted by Gasteiger charge is 2.21. The number of phenolic OH excluding ortho intramolecular Hbond substituents is 1. The SMILES string of the molecule is CN(CC1CNCCO1)C(=O)c1cc(Br)ccc1O. The van der Waals surface area contributed by atoms with E-state index in [0.717, 1.165) is 17.6 Å². The van der Waals surface area contributed by atoms with Gasteiger partial charge in [0.05, 0.1) is 18.3 Å². The van der Waals surface area contributed by atoms with Crippen LogP contribution in [0.4, 0.5) is 0 Å². The molecule has 19 heavy (non-hydrogen) atoms. The summed E-state index contributed by atoms with van der Waals surface area (Å²) in [6.45, 7) is 2.75. The first kappa shape index (κ1) is 14.3. The van der Waals surface area contributed by atoms with E-state index in [4.69, 9.17) is 4.74 Å². The average Bonchev–Trinajstić information content (AvgIpc) is 2.42. The fourth-order valence-electron chi connectivity index (χ4n) is 2.01. The Hall–Kier alpha value is -1.11. The summed E-state index contributed by atoms with van der Waals surface area (Å²) < 4.78 is 6.32. The molecule has 1 fully saturated rings. The summed E-state index contributed by atoms with van der Waals surface area (Å²) in [6, 6.07) is 4.82.